The zero-order chi connectivity index (χ0) is 25.1. The van der Waals surface area contributed by atoms with Crippen molar-refractivity contribution in [1.82, 2.24) is 0 Å². The molecule has 0 fully saturated rings. The van der Waals surface area contributed by atoms with E-state index in [9.17, 15) is 9.18 Å². The Labute approximate surface area is 211 Å². The lowest BCUT2D eigenvalue weighted by Crippen LogP contribution is -2.37. The molecule has 0 bridgehead atoms. The van der Waals surface area contributed by atoms with Gasteiger partial charge in [0.1, 0.15) is 17.7 Å². The van der Waals surface area contributed by atoms with E-state index in [0.29, 0.717) is 18.2 Å². The molecule has 4 nitrogen and oxygen atoms in total. The molecule has 2 atom stereocenters. The van der Waals surface area contributed by atoms with Crippen LogP contribution in [-0.2, 0) is 4.74 Å². The smallest absolute Gasteiger partial charge is 0.338 e. The quantitative estimate of drug-likeness (QED) is 0.253. The molecular weight excluding hydrogens is 453 g/mol. The number of fused-ring (bicyclic) bond motifs is 2. The summed E-state index contributed by atoms with van der Waals surface area (Å²) < 4.78 is 25.6. The van der Waals surface area contributed by atoms with Crippen LogP contribution in [0, 0.1) is 5.82 Å². The number of benzene rings is 4. The average Bonchev–Trinajstić information content (AvgIpc) is 2.91. The number of para-hydroxylation sites is 2. The first-order chi connectivity index (χ1) is 17.5. The third-order valence-electron chi connectivity index (χ3n) is 6.97. The highest BCUT2D eigenvalue weighted by molar-refractivity contribution is 5.91. The number of rotatable bonds is 7. The first kappa shape index (κ1) is 23.9. The largest absolute Gasteiger partial charge is 0.486 e. The second kappa shape index (κ2) is 10.4. The lowest BCUT2D eigenvalue weighted by atomic mass is 9.90. The fourth-order valence-electron chi connectivity index (χ4n) is 5.15. The zero-order valence-corrected chi connectivity index (χ0v) is 20.6. The molecular formula is C31H30FNO3. The van der Waals surface area contributed by atoms with Crippen molar-refractivity contribution >= 4 is 28.1 Å². The number of ether oxygens (including phenoxy) is 2. The highest BCUT2D eigenvalue weighted by atomic mass is 19.1. The van der Waals surface area contributed by atoms with Gasteiger partial charge in [-0.1, -0.05) is 61.5 Å². The summed E-state index contributed by atoms with van der Waals surface area (Å²) in [6.45, 7) is 2.86. The molecule has 1 aliphatic rings. The molecule has 1 unspecified atom stereocenters. The van der Waals surface area contributed by atoms with Gasteiger partial charge in [0.15, 0.2) is 0 Å². The van der Waals surface area contributed by atoms with Gasteiger partial charge in [0, 0.05) is 5.69 Å². The summed E-state index contributed by atoms with van der Waals surface area (Å²) in [6, 6.07) is 27.1. The minimum Gasteiger partial charge on any atom is -0.486 e. The van der Waals surface area contributed by atoms with E-state index in [1.165, 1.54) is 35.6 Å². The topological polar surface area (TPSA) is 38.8 Å². The highest BCUT2D eigenvalue weighted by Gasteiger charge is 2.27. The SMILES string of the molecule is COC(=O)c1cc(F)cc(N2CC(CCC[C@H](C)c3cccc4ccccc34)Oc3ccccc32)c1. The van der Waals surface area contributed by atoms with Gasteiger partial charge in [0.25, 0.3) is 0 Å². The van der Waals surface area contributed by atoms with Crippen molar-refractivity contribution in [3.8, 4) is 5.75 Å². The maximum Gasteiger partial charge on any atom is 0.338 e. The van der Waals surface area contributed by atoms with Gasteiger partial charge in [0.05, 0.1) is 24.9 Å². The van der Waals surface area contributed by atoms with Gasteiger partial charge in [-0.25, -0.2) is 9.18 Å². The van der Waals surface area contributed by atoms with Crippen molar-refractivity contribution in [2.24, 2.45) is 0 Å². The Kier molecular flexibility index (Phi) is 6.90. The Bertz CT molecular complexity index is 1380. The van der Waals surface area contributed by atoms with Crippen molar-refractivity contribution in [3.05, 3.63) is 102 Å². The van der Waals surface area contributed by atoms with Crippen LogP contribution in [0.15, 0.2) is 84.9 Å². The molecule has 184 valence electrons. The first-order valence-electron chi connectivity index (χ1n) is 12.4. The molecule has 0 saturated heterocycles. The number of nitrogens with zero attached hydrogens (tertiary/aromatic N) is 1. The summed E-state index contributed by atoms with van der Waals surface area (Å²) >= 11 is 0. The van der Waals surface area contributed by atoms with Gasteiger partial charge < -0.3 is 14.4 Å². The normalized spacial score (nSPS) is 15.8. The second-order valence-corrected chi connectivity index (χ2v) is 9.41. The molecule has 0 saturated carbocycles. The van der Waals surface area contributed by atoms with E-state index in [1.807, 2.05) is 29.2 Å². The minimum absolute atomic E-state index is 0.0514. The maximum absolute atomic E-state index is 14.5. The van der Waals surface area contributed by atoms with Gasteiger partial charge in [-0.3, -0.25) is 0 Å². The van der Waals surface area contributed by atoms with Crippen molar-refractivity contribution in [2.75, 3.05) is 18.6 Å². The fraction of sp³-hybridized carbons (Fsp3) is 0.258. The summed E-state index contributed by atoms with van der Waals surface area (Å²) in [5.41, 5.74) is 3.04. The lowest BCUT2D eigenvalue weighted by molar-refractivity contribution is 0.0600. The Morgan fingerprint density at radius 2 is 1.83 bits per heavy atom. The number of esters is 1. The summed E-state index contributed by atoms with van der Waals surface area (Å²) in [5.74, 6) is 0.155. The van der Waals surface area contributed by atoms with E-state index in [4.69, 9.17) is 9.47 Å². The molecule has 5 heteroatoms. The zero-order valence-electron chi connectivity index (χ0n) is 20.6. The van der Waals surface area contributed by atoms with Crippen molar-refractivity contribution in [1.29, 1.82) is 0 Å². The summed E-state index contributed by atoms with van der Waals surface area (Å²) in [5, 5.41) is 2.58. The van der Waals surface area contributed by atoms with E-state index in [1.54, 1.807) is 6.07 Å². The molecule has 1 aliphatic heterocycles. The monoisotopic (exact) mass is 483 g/mol. The lowest BCUT2D eigenvalue weighted by Gasteiger charge is -2.36. The van der Waals surface area contributed by atoms with Crippen molar-refractivity contribution < 1.29 is 18.7 Å². The highest BCUT2D eigenvalue weighted by Crippen LogP contribution is 2.39. The fourth-order valence-corrected chi connectivity index (χ4v) is 5.15. The molecule has 4 aromatic rings. The molecule has 0 aliphatic carbocycles. The van der Waals surface area contributed by atoms with Gasteiger partial charge in [-0.05, 0) is 71.8 Å². The van der Waals surface area contributed by atoms with Crippen molar-refractivity contribution in [3.63, 3.8) is 0 Å². The number of hydrogen-bond donors (Lipinski definition) is 0. The van der Waals surface area contributed by atoms with Crippen LogP contribution in [0.25, 0.3) is 10.8 Å². The predicted molar refractivity (Wildman–Crippen MR) is 142 cm³/mol. The van der Waals surface area contributed by atoms with E-state index in [0.717, 1.165) is 30.7 Å². The number of halogens is 1. The number of carbonyl (C=O) groups is 1. The van der Waals surface area contributed by atoms with Crippen LogP contribution in [0.1, 0.15) is 48.0 Å². The Morgan fingerprint density at radius 1 is 1.06 bits per heavy atom. The average molecular weight is 484 g/mol. The molecule has 5 rings (SSSR count). The Hall–Kier alpha value is -3.86. The van der Waals surface area contributed by atoms with Crippen LogP contribution in [0.4, 0.5) is 15.8 Å². The summed E-state index contributed by atoms with van der Waals surface area (Å²) in [4.78, 5) is 14.1. The minimum atomic E-state index is -0.559. The molecule has 0 spiro atoms. The Morgan fingerprint density at radius 3 is 2.69 bits per heavy atom. The summed E-state index contributed by atoms with van der Waals surface area (Å²) in [7, 11) is 1.30. The molecule has 36 heavy (non-hydrogen) atoms. The number of hydrogen-bond acceptors (Lipinski definition) is 4. The molecule has 0 radical (unpaired) electrons. The third-order valence-corrected chi connectivity index (χ3v) is 6.97. The van der Waals surface area contributed by atoms with Crippen LogP contribution in [0.3, 0.4) is 0 Å². The number of carbonyl (C=O) groups excluding carboxylic acids is 1. The van der Waals surface area contributed by atoms with E-state index < -0.39 is 11.8 Å². The van der Waals surface area contributed by atoms with Crippen LogP contribution < -0.4 is 9.64 Å². The molecule has 1 heterocycles. The first-order valence-corrected chi connectivity index (χ1v) is 12.4. The second-order valence-electron chi connectivity index (χ2n) is 9.41. The van der Waals surface area contributed by atoms with Crippen LogP contribution in [-0.4, -0.2) is 25.7 Å². The number of anilines is 2. The molecule has 0 amide bonds. The molecule has 4 aromatic carbocycles. The maximum atomic E-state index is 14.5. The van der Waals surface area contributed by atoms with Crippen LogP contribution in [0.5, 0.6) is 5.75 Å². The third kappa shape index (κ3) is 4.92. The van der Waals surface area contributed by atoms with Gasteiger partial charge >= 0.3 is 5.97 Å². The van der Waals surface area contributed by atoms with Crippen molar-refractivity contribution in [2.45, 2.75) is 38.2 Å². The van der Waals surface area contributed by atoms with E-state index in [2.05, 4.69) is 49.4 Å². The number of methoxy groups -OCH3 is 1. The van der Waals surface area contributed by atoms with Crippen LogP contribution >= 0.6 is 0 Å². The van der Waals surface area contributed by atoms with Crippen LogP contribution in [0.2, 0.25) is 0 Å². The predicted octanol–water partition coefficient (Wildman–Crippen LogP) is 7.64. The van der Waals surface area contributed by atoms with Gasteiger partial charge in [-0.15, -0.1) is 0 Å². The molecule has 0 N–H and O–H groups in total. The molecule has 0 aromatic heterocycles. The Balaban J connectivity index is 1.32. The van der Waals surface area contributed by atoms with Gasteiger partial charge in [0.2, 0.25) is 0 Å². The van der Waals surface area contributed by atoms with E-state index in [-0.39, 0.29) is 11.7 Å². The van der Waals surface area contributed by atoms with E-state index >= 15 is 0 Å². The summed E-state index contributed by atoms with van der Waals surface area (Å²) in [6.07, 6.45) is 2.87. The van der Waals surface area contributed by atoms with Gasteiger partial charge in [-0.2, -0.15) is 0 Å². The standard InChI is InChI=1S/C31H30FNO3/c1-21(27-14-8-11-22-10-3-4-13-28(22)27)9-7-12-26-20-33(29-15-5-6-16-30(29)36-26)25-18-23(31(34)35-2)17-24(32)19-25/h3-6,8,10-11,13-19,21,26H,7,9,12,20H2,1-2H3/t21-,26?/m0/s1.